The molecule has 0 aliphatic carbocycles. The maximum Gasteiger partial charge on any atom is 0.127 e. The minimum Gasteiger partial charge on any atom is -0.305 e. The fourth-order valence-electron chi connectivity index (χ4n) is 1.68. The average molecular weight is 265 g/mol. The minimum atomic E-state index is -0.250. The van der Waals surface area contributed by atoms with Gasteiger partial charge in [0.05, 0.1) is 5.69 Å². The summed E-state index contributed by atoms with van der Waals surface area (Å²) < 4.78 is 13.5. The van der Waals surface area contributed by atoms with E-state index in [9.17, 15) is 4.39 Å². The van der Waals surface area contributed by atoms with E-state index in [0.717, 1.165) is 5.69 Å². The summed E-state index contributed by atoms with van der Waals surface area (Å²) in [7, 11) is 0. The Kier molecular flexibility index (Phi) is 4.28. The first-order valence-corrected chi connectivity index (χ1v) is 6.13. The molecular formula is C14H14ClFN2. The molecule has 0 aliphatic heterocycles. The fourth-order valence-corrected chi connectivity index (χ4v) is 1.87. The summed E-state index contributed by atoms with van der Waals surface area (Å²) in [5, 5.41) is 3.76. The van der Waals surface area contributed by atoms with Crippen LogP contribution >= 0.6 is 11.6 Å². The van der Waals surface area contributed by atoms with Gasteiger partial charge in [-0.25, -0.2) is 4.39 Å². The van der Waals surface area contributed by atoms with Crippen molar-refractivity contribution >= 4 is 11.6 Å². The highest BCUT2D eigenvalue weighted by molar-refractivity contribution is 6.30. The lowest BCUT2D eigenvalue weighted by Crippen LogP contribution is -2.19. The molecule has 1 heterocycles. The van der Waals surface area contributed by atoms with Gasteiger partial charge >= 0.3 is 0 Å². The van der Waals surface area contributed by atoms with Gasteiger partial charge in [-0.05, 0) is 37.3 Å². The van der Waals surface area contributed by atoms with E-state index in [0.29, 0.717) is 17.1 Å². The van der Waals surface area contributed by atoms with Gasteiger partial charge in [0.1, 0.15) is 5.82 Å². The Balaban J connectivity index is 2.01. The molecule has 0 amide bonds. The van der Waals surface area contributed by atoms with E-state index in [1.807, 2.05) is 25.1 Å². The van der Waals surface area contributed by atoms with Crippen LogP contribution in [-0.2, 0) is 6.54 Å². The smallest absolute Gasteiger partial charge is 0.127 e. The number of pyridine rings is 1. The average Bonchev–Trinajstić information content (AvgIpc) is 2.40. The van der Waals surface area contributed by atoms with E-state index in [4.69, 9.17) is 11.6 Å². The lowest BCUT2D eigenvalue weighted by atomic mass is 10.1. The highest BCUT2D eigenvalue weighted by atomic mass is 35.5. The van der Waals surface area contributed by atoms with Crippen LogP contribution in [0.5, 0.6) is 0 Å². The molecule has 0 unspecified atom stereocenters. The number of nitrogens with zero attached hydrogens (tertiary/aromatic N) is 1. The van der Waals surface area contributed by atoms with Gasteiger partial charge in [-0.1, -0.05) is 17.7 Å². The Labute approximate surface area is 111 Å². The van der Waals surface area contributed by atoms with Crippen molar-refractivity contribution in [1.29, 1.82) is 0 Å². The van der Waals surface area contributed by atoms with Gasteiger partial charge in [0.25, 0.3) is 0 Å². The number of hydrogen-bond acceptors (Lipinski definition) is 2. The molecule has 0 spiro atoms. The summed E-state index contributed by atoms with van der Waals surface area (Å²) >= 11 is 5.84. The predicted molar refractivity (Wildman–Crippen MR) is 70.9 cm³/mol. The first-order valence-electron chi connectivity index (χ1n) is 5.75. The Morgan fingerprint density at radius 1 is 1.33 bits per heavy atom. The van der Waals surface area contributed by atoms with Crippen LogP contribution in [0.3, 0.4) is 0 Å². The highest BCUT2D eigenvalue weighted by Crippen LogP contribution is 2.16. The van der Waals surface area contributed by atoms with Crippen molar-refractivity contribution in [1.82, 2.24) is 10.3 Å². The van der Waals surface area contributed by atoms with Crippen LogP contribution in [0, 0.1) is 5.82 Å². The van der Waals surface area contributed by atoms with Crippen molar-refractivity contribution in [3.63, 3.8) is 0 Å². The zero-order chi connectivity index (χ0) is 13.0. The third-order valence-electron chi connectivity index (χ3n) is 2.74. The molecule has 0 aliphatic rings. The maximum absolute atomic E-state index is 13.5. The molecule has 0 saturated heterocycles. The van der Waals surface area contributed by atoms with Gasteiger partial charge in [-0.15, -0.1) is 0 Å². The van der Waals surface area contributed by atoms with Crippen molar-refractivity contribution in [2.75, 3.05) is 0 Å². The Bertz CT molecular complexity index is 516. The monoisotopic (exact) mass is 264 g/mol. The minimum absolute atomic E-state index is 0.0598. The van der Waals surface area contributed by atoms with Gasteiger partial charge in [-0.3, -0.25) is 4.98 Å². The molecule has 1 N–H and O–H groups in total. The lowest BCUT2D eigenvalue weighted by molar-refractivity contribution is 0.536. The van der Waals surface area contributed by atoms with E-state index < -0.39 is 0 Å². The number of benzene rings is 1. The van der Waals surface area contributed by atoms with Crippen LogP contribution in [0.15, 0.2) is 42.6 Å². The molecule has 2 rings (SSSR count). The van der Waals surface area contributed by atoms with Crippen molar-refractivity contribution in [3.8, 4) is 0 Å². The molecule has 0 saturated carbocycles. The van der Waals surface area contributed by atoms with E-state index in [1.54, 1.807) is 18.3 Å². The van der Waals surface area contributed by atoms with Crippen LogP contribution in [0.25, 0.3) is 0 Å². The summed E-state index contributed by atoms with van der Waals surface area (Å²) in [6.45, 7) is 2.41. The largest absolute Gasteiger partial charge is 0.305 e. The molecule has 1 aromatic carbocycles. The first kappa shape index (κ1) is 13.0. The normalized spacial score (nSPS) is 12.4. The van der Waals surface area contributed by atoms with Gasteiger partial charge in [0.2, 0.25) is 0 Å². The van der Waals surface area contributed by atoms with Crippen LogP contribution in [0.4, 0.5) is 4.39 Å². The fraction of sp³-hybridized carbons (Fsp3) is 0.214. The number of hydrogen-bond donors (Lipinski definition) is 1. The Morgan fingerprint density at radius 2 is 2.17 bits per heavy atom. The third-order valence-corrected chi connectivity index (χ3v) is 2.97. The Hall–Kier alpha value is -1.45. The van der Waals surface area contributed by atoms with Gasteiger partial charge < -0.3 is 5.32 Å². The molecule has 94 valence electrons. The van der Waals surface area contributed by atoms with Crippen molar-refractivity contribution < 1.29 is 4.39 Å². The standard InChI is InChI=1S/C14H14ClFN2/c1-10(14-4-2-3-7-17-14)18-9-11-8-12(15)5-6-13(11)16/h2-8,10,18H,9H2,1H3/t10-/m0/s1. The molecule has 4 heteroatoms. The zero-order valence-electron chi connectivity index (χ0n) is 10.0. The quantitative estimate of drug-likeness (QED) is 0.910. The molecular weight excluding hydrogens is 251 g/mol. The third kappa shape index (κ3) is 3.28. The number of halogens is 2. The predicted octanol–water partition coefficient (Wildman–Crippen LogP) is 3.72. The second kappa shape index (κ2) is 5.94. The zero-order valence-corrected chi connectivity index (χ0v) is 10.8. The van der Waals surface area contributed by atoms with Crippen molar-refractivity contribution in [2.24, 2.45) is 0 Å². The van der Waals surface area contributed by atoms with Crippen molar-refractivity contribution in [3.05, 3.63) is 64.7 Å². The Morgan fingerprint density at radius 3 is 2.89 bits per heavy atom. The summed E-state index contributed by atoms with van der Waals surface area (Å²) in [5.41, 5.74) is 1.49. The molecule has 0 radical (unpaired) electrons. The van der Waals surface area contributed by atoms with Gasteiger partial charge in [0, 0.05) is 29.4 Å². The molecule has 2 nitrogen and oxygen atoms in total. The lowest BCUT2D eigenvalue weighted by Gasteiger charge is -2.13. The molecule has 0 bridgehead atoms. The number of aromatic nitrogens is 1. The van der Waals surface area contributed by atoms with E-state index in [-0.39, 0.29) is 11.9 Å². The first-order chi connectivity index (χ1) is 8.66. The summed E-state index contributed by atoms with van der Waals surface area (Å²) in [6.07, 6.45) is 1.74. The van der Waals surface area contributed by atoms with Crippen molar-refractivity contribution in [2.45, 2.75) is 19.5 Å². The van der Waals surface area contributed by atoms with Gasteiger partial charge in [0.15, 0.2) is 0 Å². The second-order valence-corrected chi connectivity index (χ2v) is 4.53. The SMILES string of the molecule is C[C@H](NCc1cc(Cl)ccc1F)c1ccccn1. The van der Waals surface area contributed by atoms with Gasteiger partial charge in [-0.2, -0.15) is 0 Å². The summed E-state index contributed by atoms with van der Waals surface area (Å²) in [6, 6.07) is 10.4. The van der Waals surface area contributed by atoms with E-state index in [1.165, 1.54) is 6.07 Å². The second-order valence-electron chi connectivity index (χ2n) is 4.09. The molecule has 1 atom stereocenters. The van der Waals surface area contributed by atoms with Crippen LogP contribution in [-0.4, -0.2) is 4.98 Å². The highest BCUT2D eigenvalue weighted by Gasteiger charge is 2.08. The van der Waals surface area contributed by atoms with E-state index >= 15 is 0 Å². The molecule has 18 heavy (non-hydrogen) atoms. The summed E-state index contributed by atoms with van der Waals surface area (Å²) in [5.74, 6) is -0.250. The van der Waals surface area contributed by atoms with Crippen LogP contribution in [0.1, 0.15) is 24.2 Å². The van der Waals surface area contributed by atoms with Crippen LogP contribution in [0.2, 0.25) is 5.02 Å². The number of rotatable bonds is 4. The summed E-state index contributed by atoms with van der Waals surface area (Å²) in [4.78, 5) is 4.25. The topological polar surface area (TPSA) is 24.9 Å². The molecule has 2 aromatic rings. The van der Waals surface area contributed by atoms with E-state index in [2.05, 4.69) is 10.3 Å². The maximum atomic E-state index is 13.5. The van der Waals surface area contributed by atoms with Crippen LogP contribution < -0.4 is 5.32 Å². The number of nitrogens with one attached hydrogen (secondary N) is 1. The molecule has 1 aromatic heterocycles. The molecule has 0 fully saturated rings.